The molecule has 0 atom stereocenters. The zero-order valence-electron chi connectivity index (χ0n) is 23.2. The first-order chi connectivity index (χ1) is 16.7. The van der Waals surface area contributed by atoms with E-state index >= 15 is 0 Å². The van der Waals surface area contributed by atoms with Crippen molar-refractivity contribution < 1.29 is 8.37 Å². The van der Waals surface area contributed by atoms with E-state index in [4.69, 9.17) is 8.37 Å². The van der Waals surface area contributed by atoms with Crippen LogP contribution in [0.5, 0.6) is 0 Å². The Hall–Kier alpha value is -0.290. The van der Waals surface area contributed by atoms with Crippen LogP contribution in [0.1, 0.15) is 123 Å². The van der Waals surface area contributed by atoms with Crippen LogP contribution < -0.4 is 0 Å². The van der Waals surface area contributed by atoms with E-state index in [-0.39, 0.29) is 0 Å². The zero-order valence-corrected chi connectivity index (χ0v) is 24.1. The highest BCUT2D eigenvalue weighted by Crippen LogP contribution is 2.47. The van der Waals surface area contributed by atoms with Gasteiger partial charge in [0.1, 0.15) is 0 Å². The highest BCUT2D eigenvalue weighted by molar-refractivity contribution is 8.25. The SMILES string of the molecule is CCCCC/C=C\CCCOS(C)(CCCCN1CCCCC1)OCCC/C=C\CCCCC. The van der Waals surface area contributed by atoms with Crippen LogP contribution in [0.2, 0.25) is 0 Å². The van der Waals surface area contributed by atoms with Gasteiger partial charge in [0.25, 0.3) is 0 Å². The maximum absolute atomic E-state index is 6.43. The summed E-state index contributed by atoms with van der Waals surface area (Å²) in [6, 6.07) is 0. The summed E-state index contributed by atoms with van der Waals surface area (Å²) in [5, 5.41) is 0. The molecule has 0 saturated carbocycles. The highest BCUT2D eigenvalue weighted by atomic mass is 32.3. The Bertz CT molecular complexity index is 460. The van der Waals surface area contributed by atoms with Crippen LogP contribution in [0.3, 0.4) is 0 Å². The summed E-state index contributed by atoms with van der Waals surface area (Å²) >= 11 is 0. The number of likely N-dealkylation sites (tertiary alicyclic amines) is 1. The number of hydrogen-bond donors (Lipinski definition) is 0. The molecule has 0 aromatic rings. The molecule has 0 amide bonds. The lowest BCUT2D eigenvalue weighted by Gasteiger charge is -2.40. The normalized spacial score (nSPS) is 16.2. The second-order valence-corrected chi connectivity index (χ2v) is 12.8. The van der Waals surface area contributed by atoms with Gasteiger partial charge in [0.05, 0.1) is 13.2 Å². The van der Waals surface area contributed by atoms with E-state index in [1.165, 1.54) is 103 Å². The lowest BCUT2D eigenvalue weighted by Crippen LogP contribution is -2.30. The maximum atomic E-state index is 6.43. The molecule has 4 heteroatoms. The molecule has 0 radical (unpaired) electrons. The molecule has 1 fully saturated rings. The lowest BCUT2D eigenvalue weighted by molar-refractivity contribution is 0.224. The van der Waals surface area contributed by atoms with Crippen LogP contribution in [0.15, 0.2) is 24.3 Å². The van der Waals surface area contributed by atoms with Crippen molar-refractivity contribution in [2.45, 2.75) is 123 Å². The molecule has 1 aliphatic rings. The standard InChI is InChI=1S/C30H59NO2S/c1-4-6-8-10-12-14-16-22-28-32-34(3,30-24-21-27-31-25-19-18-20-26-31)33-29-23-17-15-13-11-9-7-5-2/h12-15H,4-11,16-30H2,1-3H3/b14-12-,15-13-. The molecule has 202 valence electrons. The van der Waals surface area contributed by atoms with E-state index in [1.807, 2.05) is 0 Å². The number of rotatable bonds is 23. The molecule has 1 rings (SSSR count). The van der Waals surface area contributed by atoms with Gasteiger partial charge in [-0.25, -0.2) is 0 Å². The van der Waals surface area contributed by atoms with Crippen molar-refractivity contribution in [2.75, 3.05) is 44.9 Å². The highest BCUT2D eigenvalue weighted by Gasteiger charge is 2.16. The van der Waals surface area contributed by atoms with Crippen molar-refractivity contribution in [3.63, 3.8) is 0 Å². The second kappa shape index (κ2) is 23.1. The largest absolute Gasteiger partial charge is 0.303 e. The molecule has 0 spiro atoms. The third-order valence-electron chi connectivity index (χ3n) is 6.67. The Kier molecular flexibility index (Phi) is 21.6. The van der Waals surface area contributed by atoms with Gasteiger partial charge in [0.2, 0.25) is 0 Å². The van der Waals surface area contributed by atoms with Gasteiger partial charge in [-0.1, -0.05) is 70.3 Å². The molecule has 1 aliphatic heterocycles. The molecule has 0 unspecified atom stereocenters. The van der Waals surface area contributed by atoms with Crippen LogP contribution >= 0.6 is 10.6 Å². The lowest BCUT2D eigenvalue weighted by atomic mass is 10.1. The van der Waals surface area contributed by atoms with Crippen LogP contribution in [0.25, 0.3) is 0 Å². The van der Waals surface area contributed by atoms with Gasteiger partial charge in [-0.2, -0.15) is 10.6 Å². The molecular weight excluding hydrogens is 438 g/mol. The van der Waals surface area contributed by atoms with Crippen LogP contribution in [-0.2, 0) is 8.37 Å². The molecule has 0 aromatic heterocycles. The van der Waals surface area contributed by atoms with Crippen molar-refractivity contribution in [1.82, 2.24) is 4.90 Å². The molecule has 0 aliphatic carbocycles. The fourth-order valence-corrected chi connectivity index (χ4v) is 6.38. The molecule has 0 bridgehead atoms. The number of hydrogen-bond acceptors (Lipinski definition) is 3. The summed E-state index contributed by atoms with van der Waals surface area (Å²) in [6.45, 7) is 10.0. The summed E-state index contributed by atoms with van der Waals surface area (Å²) in [5.74, 6) is 1.08. The minimum atomic E-state index is -1.42. The first-order valence-electron chi connectivity index (χ1n) is 14.8. The fraction of sp³-hybridized carbons (Fsp3) is 0.867. The topological polar surface area (TPSA) is 21.7 Å². The van der Waals surface area contributed by atoms with Crippen molar-refractivity contribution >= 4 is 10.6 Å². The van der Waals surface area contributed by atoms with Crippen molar-refractivity contribution in [2.24, 2.45) is 0 Å². The zero-order chi connectivity index (χ0) is 24.6. The van der Waals surface area contributed by atoms with E-state index in [1.54, 1.807) is 0 Å². The Balaban J connectivity index is 2.28. The average molecular weight is 498 g/mol. The molecule has 0 N–H and O–H groups in total. The van der Waals surface area contributed by atoms with Crippen LogP contribution in [-0.4, -0.2) is 49.8 Å². The van der Waals surface area contributed by atoms with Crippen molar-refractivity contribution in [3.05, 3.63) is 24.3 Å². The van der Waals surface area contributed by atoms with Gasteiger partial charge in [-0.15, -0.1) is 0 Å². The molecule has 1 saturated heterocycles. The summed E-state index contributed by atoms with van der Waals surface area (Å²) in [5.41, 5.74) is 0. The molecule has 0 aromatic carbocycles. The van der Waals surface area contributed by atoms with Gasteiger partial charge >= 0.3 is 0 Å². The Morgan fingerprint density at radius 3 is 1.62 bits per heavy atom. The third-order valence-corrected chi connectivity index (χ3v) is 9.03. The monoisotopic (exact) mass is 497 g/mol. The van der Waals surface area contributed by atoms with Crippen molar-refractivity contribution in [3.8, 4) is 0 Å². The van der Waals surface area contributed by atoms with Gasteiger partial charge in [0, 0.05) is 12.0 Å². The van der Waals surface area contributed by atoms with E-state index in [2.05, 4.69) is 49.3 Å². The van der Waals surface area contributed by atoms with Gasteiger partial charge in [0.15, 0.2) is 0 Å². The molecular formula is C30H59NO2S. The fourth-order valence-electron chi connectivity index (χ4n) is 4.40. The van der Waals surface area contributed by atoms with E-state index in [0.717, 1.165) is 44.6 Å². The second-order valence-electron chi connectivity index (χ2n) is 10.1. The van der Waals surface area contributed by atoms with E-state index in [0.29, 0.717) is 0 Å². The van der Waals surface area contributed by atoms with E-state index < -0.39 is 10.6 Å². The summed E-state index contributed by atoms with van der Waals surface area (Å²) in [6.07, 6.45) is 33.2. The number of piperidine rings is 1. The third kappa shape index (κ3) is 19.0. The number of unbranched alkanes of at least 4 members (excludes halogenated alkanes) is 9. The van der Waals surface area contributed by atoms with E-state index in [9.17, 15) is 0 Å². The predicted octanol–water partition coefficient (Wildman–Crippen LogP) is 9.38. The first-order valence-corrected chi connectivity index (χ1v) is 16.8. The first kappa shape index (κ1) is 31.7. The van der Waals surface area contributed by atoms with Gasteiger partial charge in [-0.3, -0.25) is 8.37 Å². The predicted molar refractivity (Wildman–Crippen MR) is 155 cm³/mol. The molecule has 34 heavy (non-hydrogen) atoms. The number of nitrogens with zero attached hydrogens (tertiary/aromatic N) is 1. The van der Waals surface area contributed by atoms with Gasteiger partial charge in [-0.05, 0) is 96.7 Å². The Morgan fingerprint density at radius 2 is 1.12 bits per heavy atom. The summed E-state index contributed by atoms with van der Waals surface area (Å²) < 4.78 is 12.9. The average Bonchev–Trinajstić information content (AvgIpc) is 2.85. The minimum Gasteiger partial charge on any atom is -0.303 e. The quantitative estimate of drug-likeness (QED) is 0.104. The Morgan fingerprint density at radius 1 is 0.618 bits per heavy atom. The van der Waals surface area contributed by atoms with Crippen LogP contribution in [0.4, 0.5) is 0 Å². The van der Waals surface area contributed by atoms with Crippen molar-refractivity contribution in [1.29, 1.82) is 0 Å². The van der Waals surface area contributed by atoms with Gasteiger partial charge < -0.3 is 4.90 Å². The number of allylic oxidation sites excluding steroid dienone is 4. The Labute approximate surface area is 215 Å². The summed E-state index contributed by atoms with van der Waals surface area (Å²) in [7, 11) is -1.42. The van der Waals surface area contributed by atoms with Crippen LogP contribution in [0, 0.1) is 0 Å². The smallest absolute Gasteiger partial charge is 0.0716 e. The molecule has 1 heterocycles. The maximum Gasteiger partial charge on any atom is 0.0716 e. The minimum absolute atomic E-state index is 0.828. The summed E-state index contributed by atoms with van der Waals surface area (Å²) in [4.78, 5) is 2.65. The molecule has 3 nitrogen and oxygen atoms in total.